The molecule has 1 aromatic heterocycles. The number of carbonyl (C=O) groups is 1. The summed E-state index contributed by atoms with van der Waals surface area (Å²) >= 11 is 0. The van der Waals surface area contributed by atoms with Crippen molar-refractivity contribution in [1.82, 2.24) is 20.2 Å². The molecule has 1 atom stereocenters. The highest BCUT2D eigenvalue weighted by Gasteiger charge is 2.33. The van der Waals surface area contributed by atoms with Crippen molar-refractivity contribution in [3.8, 4) is 11.4 Å². The molecule has 2 rings (SSSR count). The van der Waals surface area contributed by atoms with E-state index < -0.39 is 17.2 Å². The van der Waals surface area contributed by atoms with Crippen LogP contribution in [0.5, 0.6) is 0 Å². The lowest BCUT2D eigenvalue weighted by Crippen LogP contribution is -2.32. The fourth-order valence-electron chi connectivity index (χ4n) is 1.98. The molecule has 0 aliphatic carbocycles. The van der Waals surface area contributed by atoms with E-state index in [9.17, 15) is 14.3 Å². The van der Waals surface area contributed by atoms with Crippen LogP contribution in [0.4, 0.5) is 4.39 Å². The number of aromatic nitrogens is 4. The predicted octanol–water partition coefficient (Wildman–Crippen LogP) is 2.29. The molecule has 0 amide bonds. The molecule has 1 heterocycles. The second kappa shape index (κ2) is 5.59. The van der Waals surface area contributed by atoms with Crippen molar-refractivity contribution in [3.05, 3.63) is 29.6 Å². The van der Waals surface area contributed by atoms with Gasteiger partial charge in [-0.05, 0) is 42.8 Å². The quantitative estimate of drug-likeness (QED) is 0.914. The molecule has 6 nitrogen and oxygen atoms in total. The van der Waals surface area contributed by atoms with Crippen molar-refractivity contribution in [1.29, 1.82) is 0 Å². The highest BCUT2D eigenvalue weighted by Crippen LogP contribution is 2.27. The molecule has 1 N–H and O–H groups in total. The minimum absolute atomic E-state index is 0.0779. The van der Waals surface area contributed by atoms with Gasteiger partial charge in [-0.1, -0.05) is 18.6 Å². The van der Waals surface area contributed by atoms with Crippen molar-refractivity contribution in [3.63, 3.8) is 0 Å². The monoisotopic (exact) mass is 292 g/mol. The van der Waals surface area contributed by atoms with E-state index in [-0.39, 0.29) is 17.9 Å². The van der Waals surface area contributed by atoms with Crippen molar-refractivity contribution >= 4 is 5.97 Å². The highest BCUT2D eigenvalue weighted by molar-refractivity contribution is 5.74. The predicted molar refractivity (Wildman–Crippen MR) is 74.0 cm³/mol. The normalized spacial score (nSPS) is 13.9. The third kappa shape index (κ3) is 2.91. The van der Waals surface area contributed by atoms with Gasteiger partial charge in [0.2, 0.25) is 0 Å². The number of carboxylic acids is 1. The number of rotatable bonds is 5. The van der Waals surface area contributed by atoms with Crippen molar-refractivity contribution in [2.75, 3.05) is 0 Å². The molecule has 0 aliphatic rings. The van der Waals surface area contributed by atoms with E-state index in [2.05, 4.69) is 15.5 Å². The van der Waals surface area contributed by atoms with Crippen molar-refractivity contribution in [2.24, 2.45) is 5.41 Å². The fraction of sp³-hybridized carbons (Fsp3) is 0.429. The van der Waals surface area contributed by atoms with Crippen LogP contribution in [0.3, 0.4) is 0 Å². The number of nitrogens with zero attached hydrogens (tertiary/aromatic N) is 4. The molecule has 1 aromatic carbocycles. The number of aliphatic carboxylic acids is 1. The number of halogens is 1. The van der Waals surface area contributed by atoms with Gasteiger partial charge < -0.3 is 5.11 Å². The number of carboxylic acid groups (broad SMARTS) is 1. The standard InChI is InChI=1S/C14H17FN4O2/c1-4-14(3,13(20)21)8-19-12(16-17-18-19)10-7-9(2)5-6-11(10)15/h5-7H,4,8H2,1-3H3,(H,20,21). The summed E-state index contributed by atoms with van der Waals surface area (Å²) in [5.74, 6) is -1.14. The average molecular weight is 292 g/mol. The van der Waals surface area contributed by atoms with Gasteiger partial charge in [0.15, 0.2) is 5.82 Å². The average Bonchev–Trinajstić information content (AvgIpc) is 2.89. The van der Waals surface area contributed by atoms with Gasteiger partial charge in [-0.3, -0.25) is 4.79 Å². The lowest BCUT2D eigenvalue weighted by molar-refractivity contribution is -0.149. The van der Waals surface area contributed by atoms with Crippen LogP contribution in [-0.4, -0.2) is 31.3 Å². The van der Waals surface area contributed by atoms with Gasteiger partial charge in [0.05, 0.1) is 17.5 Å². The number of hydrogen-bond acceptors (Lipinski definition) is 4. The van der Waals surface area contributed by atoms with Crippen LogP contribution in [0, 0.1) is 18.2 Å². The van der Waals surface area contributed by atoms with Crippen LogP contribution in [0.1, 0.15) is 25.8 Å². The van der Waals surface area contributed by atoms with Crippen LogP contribution >= 0.6 is 0 Å². The summed E-state index contributed by atoms with van der Waals surface area (Å²) in [5, 5.41) is 20.5. The number of tetrazole rings is 1. The van der Waals surface area contributed by atoms with E-state index in [0.29, 0.717) is 6.42 Å². The molecule has 0 bridgehead atoms. The molecule has 7 heteroatoms. The van der Waals surface area contributed by atoms with E-state index in [1.807, 2.05) is 6.92 Å². The smallest absolute Gasteiger partial charge is 0.311 e. The first kappa shape index (κ1) is 15.1. The SMILES string of the molecule is CCC(C)(Cn1nnnc1-c1cc(C)ccc1F)C(=O)O. The van der Waals surface area contributed by atoms with Crippen LogP contribution < -0.4 is 0 Å². The van der Waals surface area contributed by atoms with Gasteiger partial charge in [-0.25, -0.2) is 9.07 Å². The van der Waals surface area contributed by atoms with E-state index >= 15 is 0 Å². The first-order chi connectivity index (χ1) is 9.87. The Labute approximate surface area is 121 Å². The molecule has 0 spiro atoms. The van der Waals surface area contributed by atoms with Crippen molar-refractivity contribution < 1.29 is 14.3 Å². The molecule has 0 fully saturated rings. The molecule has 0 radical (unpaired) electrons. The summed E-state index contributed by atoms with van der Waals surface area (Å²) in [6, 6.07) is 4.64. The van der Waals surface area contributed by atoms with Crippen LogP contribution in [-0.2, 0) is 11.3 Å². The van der Waals surface area contributed by atoms with Crippen molar-refractivity contribution in [2.45, 2.75) is 33.7 Å². The molecule has 1 unspecified atom stereocenters. The zero-order valence-electron chi connectivity index (χ0n) is 12.2. The first-order valence-electron chi connectivity index (χ1n) is 6.63. The Morgan fingerprint density at radius 3 is 2.81 bits per heavy atom. The number of benzene rings is 1. The van der Waals surface area contributed by atoms with Gasteiger partial charge >= 0.3 is 5.97 Å². The summed E-state index contributed by atoms with van der Waals surface area (Å²) in [7, 11) is 0. The lowest BCUT2D eigenvalue weighted by Gasteiger charge is -2.22. The first-order valence-corrected chi connectivity index (χ1v) is 6.63. The Hall–Kier alpha value is -2.31. The van der Waals surface area contributed by atoms with Gasteiger partial charge in [0.1, 0.15) is 5.82 Å². The summed E-state index contributed by atoms with van der Waals surface area (Å²) < 4.78 is 15.3. The highest BCUT2D eigenvalue weighted by atomic mass is 19.1. The second-order valence-electron chi connectivity index (χ2n) is 5.36. The zero-order chi connectivity index (χ0) is 15.6. The molecule has 21 heavy (non-hydrogen) atoms. The molecule has 0 saturated carbocycles. The van der Waals surface area contributed by atoms with E-state index in [0.717, 1.165) is 5.56 Å². The molecular weight excluding hydrogens is 275 g/mol. The zero-order valence-corrected chi connectivity index (χ0v) is 12.2. The largest absolute Gasteiger partial charge is 0.481 e. The molecular formula is C14H17FN4O2. The van der Waals surface area contributed by atoms with E-state index in [1.165, 1.54) is 10.7 Å². The van der Waals surface area contributed by atoms with Gasteiger partial charge in [-0.2, -0.15) is 0 Å². The fourth-order valence-corrected chi connectivity index (χ4v) is 1.98. The van der Waals surface area contributed by atoms with Crippen LogP contribution in [0.25, 0.3) is 11.4 Å². The van der Waals surface area contributed by atoms with Crippen LogP contribution in [0.2, 0.25) is 0 Å². The maximum Gasteiger partial charge on any atom is 0.311 e. The molecule has 0 aliphatic heterocycles. The van der Waals surface area contributed by atoms with Gasteiger partial charge in [-0.15, -0.1) is 5.10 Å². The van der Waals surface area contributed by atoms with Crippen LogP contribution in [0.15, 0.2) is 18.2 Å². The Bertz CT molecular complexity index is 671. The summed E-state index contributed by atoms with van der Waals surface area (Å²) in [5.41, 5.74) is 0.131. The van der Waals surface area contributed by atoms with E-state index in [1.54, 1.807) is 26.0 Å². The molecule has 112 valence electrons. The summed E-state index contributed by atoms with van der Waals surface area (Å²) in [6.45, 7) is 5.32. The second-order valence-corrected chi connectivity index (χ2v) is 5.36. The Kier molecular flexibility index (Phi) is 4.02. The Morgan fingerprint density at radius 2 is 2.19 bits per heavy atom. The minimum Gasteiger partial charge on any atom is -0.481 e. The lowest BCUT2D eigenvalue weighted by atomic mass is 9.87. The topological polar surface area (TPSA) is 80.9 Å². The third-order valence-corrected chi connectivity index (χ3v) is 3.69. The molecule has 2 aromatic rings. The van der Waals surface area contributed by atoms with Gasteiger partial charge in [0, 0.05) is 0 Å². The Balaban J connectivity index is 2.44. The maximum absolute atomic E-state index is 14.0. The van der Waals surface area contributed by atoms with Gasteiger partial charge in [0.25, 0.3) is 0 Å². The summed E-state index contributed by atoms with van der Waals surface area (Å²) in [6.07, 6.45) is 0.415. The van der Waals surface area contributed by atoms with E-state index in [4.69, 9.17) is 0 Å². The third-order valence-electron chi connectivity index (χ3n) is 3.69. The maximum atomic E-state index is 14.0. The Morgan fingerprint density at radius 1 is 1.48 bits per heavy atom. The number of hydrogen-bond donors (Lipinski definition) is 1. The minimum atomic E-state index is -1.01. The summed E-state index contributed by atoms with van der Waals surface area (Å²) in [4.78, 5) is 11.4. The molecule has 0 saturated heterocycles. The number of aryl methyl sites for hydroxylation is 1.